The number of nitrogens with zero attached hydrogens (tertiary/aromatic N) is 1. The maximum absolute atomic E-state index is 13.1. The third-order valence-corrected chi connectivity index (χ3v) is 7.95. The van der Waals surface area contributed by atoms with E-state index < -0.39 is 21.5 Å². The highest BCUT2D eigenvalue weighted by molar-refractivity contribution is 7.90. The lowest BCUT2D eigenvalue weighted by molar-refractivity contribution is -0.118. The molecule has 4 rings (SSSR count). The Bertz CT molecular complexity index is 1390. The van der Waals surface area contributed by atoms with Gasteiger partial charge in [0.25, 0.3) is 10.0 Å². The molecule has 0 saturated heterocycles. The molecule has 1 heterocycles. The number of hydrogen-bond acceptors (Lipinski definition) is 6. The van der Waals surface area contributed by atoms with E-state index in [1.807, 2.05) is 18.2 Å². The van der Waals surface area contributed by atoms with Crippen molar-refractivity contribution in [3.05, 3.63) is 76.5 Å². The first kappa shape index (κ1) is 24.9. The van der Waals surface area contributed by atoms with Crippen molar-refractivity contribution in [2.45, 2.75) is 57.0 Å². The van der Waals surface area contributed by atoms with Crippen molar-refractivity contribution >= 4 is 15.9 Å². The van der Waals surface area contributed by atoms with Crippen molar-refractivity contribution in [3.8, 4) is 17.0 Å². The van der Waals surface area contributed by atoms with Gasteiger partial charge in [0, 0.05) is 12.3 Å². The Morgan fingerprint density at radius 1 is 1.14 bits per heavy atom. The molecule has 0 unspecified atom stereocenters. The summed E-state index contributed by atoms with van der Waals surface area (Å²) in [6.45, 7) is 4.91. The summed E-state index contributed by atoms with van der Waals surface area (Å²) in [6, 6.07) is 12.3. The third-order valence-electron chi connectivity index (χ3n) is 6.41. The largest absolute Gasteiger partial charge is 0.481 e. The van der Waals surface area contributed by atoms with E-state index in [2.05, 4.69) is 15.8 Å². The Kier molecular flexibility index (Phi) is 6.71. The molecule has 0 atom stereocenters. The van der Waals surface area contributed by atoms with E-state index in [-0.39, 0.29) is 11.3 Å². The monoisotopic (exact) mass is 494 g/mol. The molecule has 1 aliphatic carbocycles. The van der Waals surface area contributed by atoms with E-state index >= 15 is 0 Å². The van der Waals surface area contributed by atoms with Crippen molar-refractivity contribution in [3.63, 3.8) is 0 Å². The number of pyridine rings is 1. The van der Waals surface area contributed by atoms with E-state index in [1.165, 1.54) is 11.6 Å². The van der Waals surface area contributed by atoms with E-state index in [4.69, 9.17) is 4.74 Å². The van der Waals surface area contributed by atoms with Gasteiger partial charge < -0.3 is 9.84 Å². The molecule has 35 heavy (non-hydrogen) atoms. The molecule has 0 radical (unpaired) electrons. The molecular weight excluding hydrogens is 464 g/mol. The molecule has 1 aromatic heterocycles. The summed E-state index contributed by atoms with van der Waals surface area (Å²) in [7, 11) is -2.54. The molecule has 1 amide bonds. The fourth-order valence-corrected chi connectivity index (χ4v) is 5.85. The normalized spacial score (nSPS) is 13.4. The molecule has 2 N–H and O–H groups in total. The molecule has 1 aliphatic rings. The highest BCUT2D eigenvalue weighted by atomic mass is 32.2. The van der Waals surface area contributed by atoms with Gasteiger partial charge in [-0.05, 0) is 91.1 Å². The first-order valence-electron chi connectivity index (χ1n) is 11.5. The minimum Gasteiger partial charge on any atom is -0.481 e. The van der Waals surface area contributed by atoms with Crippen molar-refractivity contribution in [1.29, 1.82) is 0 Å². The Labute approximate surface area is 206 Å². The van der Waals surface area contributed by atoms with E-state index in [0.717, 1.165) is 41.5 Å². The summed E-state index contributed by atoms with van der Waals surface area (Å²) < 4.78 is 33.6. The maximum Gasteiger partial charge on any atom is 0.264 e. The zero-order valence-corrected chi connectivity index (χ0v) is 21.2. The summed E-state index contributed by atoms with van der Waals surface area (Å²) in [5.41, 5.74) is 4.80. The number of hydrogen-bond donors (Lipinski definition) is 2. The average molecular weight is 495 g/mol. The van der Waals surface area contributed by atoms with Crippen LogP contribution in [-0.4, -0.2) is 31.5 Å². The summed E-state index contributed by atoms with van der Waals surface area (Å²) in [4.78, 5) is 17.3. The van der Waals surface area contributed by atoms with Gasteiger partial charge in [-0.3, -0.25) is 4.79 Å². The molecule has 8 heteroatoms. The number of aromatic nitrogens is 1. The van der Waals surface area contributed by atoms with Gasteiger partial charge in [0.1, 0.15) is 0 Å². The number of benzene rings is 2. The third kappa shape index (κ3) is 5.23. The molecular formula is C27H30N2O5S. The summed E-state index contributed by atoms with van der Waals surface area (Å²) in [5, 5.41) is 10.2. The molecule has 3 aromatic rings. The second kappa shape index (κ2) is 9.43. The molecule has 0 fully saturated rings. The standard InChI is InChI=1S/C27H30N2O5S/c1-17-14-20(27(2,3)31)9-11-24(17)35(32,33)29-25(30)16-23-21-7-5-6-18(21)8-10-22(23)19-12-13-28-26(15-19)34-4/h8-15,31H,5-7,16H2,1-4H3,(H,29,30). The van der Waals surface area contributed by atoms with Crippen LogP contribution in [0.1, 0.15) is 48.1 Å². The summed E-state index contributed by atoms with van der Waals surface area (Å²) >= 11 is 0. The first-order chi connectivity index (χ1) is 16.5. The van der Waals surface area contributed by atoms with Crippen LogP contribution in [-0.2, 0) is 39.7 Å². The number of amides is 1. The predicted molar refractivity (Wildman–Crippen MR) is 134 cm³/mol. The van der Waals surface area contributed by atoms with Gasteiger partial charge in [-0.1, -0.05) is 24.3 Å². The van der Waals surface area contributed by atoms with Crippen LogP contribution in [0.2, 0.25) is 0 Å². The van der Waals surface area contributed by atoms with Crippen LogP contribution in [0, 0.1) is 6.92 Å². The van der Waals surface area contributed by atoms with E-state index in [1.54, 1.807) is 46.2 Å². The van der Waals surface area contributed by atoms with Crippen LogP contribution in [0.3, 0.4) is 0 Å². The number of carbonyl (C=O) groups is 1. The number of sulfonamides is 1. The second-order valence-corrected chi connectivity index (χ2v) is 11.1. The number of carbonyl (C=O) groups excluding carboxylic acids is 1. The number of nitrogens with one attached hydrogen (secondary N) is 1. The Balaban J connectivity index is 1.65. The van der Waals surface area contributed by atoms with E-state index in [0.29, 0.717) is 17.0 Å². The zero-order chi connectivity index (χ0) is 25.4. The molecule has 0 aliphatic heterocycles. The molecule has 0 spiro atoms. The van der Waals surface area contributed by atoms with Crippen LogP contribution in [0.4, 0.5) is 0 Å². The fraction of sp³-hybridized carbons (Fsp3) is 0.333. The minimum absolute atomic E-state index is 0.0104. The van der Waals surface area contributed by atoms with Gasteiger partial charge in [0.15, 0.2) is 0 Å². The smallest absolute Gasteiger partial charge is 0.264 e. The van der Waals surface area contributed by atoms with Crippen LogP contribution in [0.25, 0.3) is 11.1 Å². The number of fused-ring (bicyclic) bond motifs is 1. The molecule has 0 bridgehead atoms. The van der Waals surface area contributed by atoms with Crippen molar-refractivity contribution in [2.24, 2.45) is 0 Å². The minimum atomic E-state index is -4.09. The predicted octanol–water partition coefficient (Wildman–Crippen LogP) is 3.83. The maximum atomic E-state index is 13.1. The number of methoxy groups -OCH3 is 1. The zero-order valence-electron chi connectivity index (χ0n) is 20.4. The van der Waals surface area contributed by atoms with Crippen molar-refractivity contribution in [1.82, 2.24) is 9.71 Å². The highest BCUT2D eigenvalue weighted by Gasteiger charge is 2.25. The Morgan fingerprint density at radius 2 is 1.91 bits per heavy atom. The van der Waals surface area contributed by atoms with Crippen molar-refractivity contribution < 1.29 is 23.1 Å². The molecule has 0 saturated carbocycles. The lowest BCUT2D eigenvalue weighted by Gasteiger charge is -2.19. The first-order valence-corrected chi connectivity index (χ1v) is 13.0. The highest BCUT2D eigenvalue weighted by Crippen LogP contribution is 2.35. The lowest BCUT2D eigenvalue weighted by atomic mass is 9.91. The Morgan fingerprint density at radius 3 is 2.60 bits per heavy atom. The van der Waals surface area contributed by atoms with Crippen LogP contribution >= 0.6 is 0 Å². The van der Waals surface area contributed by atoms with Crippen molar-refractivity contribution in [2.75, 3.05) is 7.11 Å². The van der Waals surface area contributed by atoms with Crippen LogP contribution in [0.5, 0.6) is 5.88 Å². The SMILES string of the molecule is COc1cc(-c2ccc3c(c2CC(=O)NS(=O)(=O)c2ccc(C(C)(C)O)cc2C)CCC3)ccn1. The average Bonchev–Trinajstić information content (AvgIpc) is 3.27. The molecule has 184 valence electrons. The Hall–Kier alpha value is -3.23. The van der Waals surface area contributed by atoms with Gasteiger partial charge in [-0.15, -0.1) is 0 Å². The summed E-state index contributed by atoms with van der Waals surface area (Å²) in [6.07, 6.45) is 4.37. The van der Waals surface area contributed by atoms with Crippen LogP contribution in [0.15, 0.2) is 53.6 Å². The van der Waals surface area contributed by atoms with Gasteiger partial charge in [-0.2, -0.15) is 0 Å². The quantitative estimate of drug-likeness (QED) is 0.517. The topological polar surface area (TPSA) is 106 Å². The number of aliphatic hydroxyl groups is 1. The van der Waals surface area contributed by atoms with E-state index in [9.17, 15) is 18.3 Å². The van der Waals surface area contributed by atoms with Gasteiger partial charge in [-0.25, -0.2) is 18.1 Å². The summed E-state index contributed by atoms with van der Waals surface area (Å²) in [5.74, 6) is -0.135. The number of rotatable bonds is 7. The van der Waals surface area contributed by atoms with Gasteiger partial charge >= 0.3 is 0 Å². The molecule has 2 aromatic carbocycles. The van der Waals surface area contributed by atoms with Gasteiger partial charge in [0.2, 0.25) is 11.8 Å². The lowest BCUT2D eigenvalue weighted by Crippen LogP contribution is -2.32. The van der Waals surface area contributed by atoms with Crippen LogP contribution < -0.4 is 9.46 Å². The fourth-order valence-electron chi connectivity index (χ4n) is 4.64. The molecule has 7 nitrogen and oxygen atoms in total. The number of aryl methyl sites for hydroxylation is 2. The number of ether oxygens (including phenoxy) is 1. The van der Waals surface area contributed by atoms with Gasteiger partial charge in [0.05, 0.1) is 24.0 Å². The second-order valence-electron chi connectivity index (χ2n) is 9.41.